The Morgan fingerprint density at radius 1 is 1.00 bits per heavy atom. The van der Waals surface area contributed by atoms with Crippen LogP contribution in [0.4, 0.5) is 0 Å². The second-order valence-corrected chi connectivity index (χ2v) is 1.60. The third-order valence-electron chi connectivity index (χ3n) is 0. The van der Waals surface area contributed by atoms with Gasteiger partial charge in [-0.05, 0) is 0 Å². The van der Waals surface area contributed by atoms with E-state index in [9.17, 15) is 0 Å². The van der Waals surface area contributed by atoms with E-state index in [1.54, 1.807) is 0 Å². The lowest BCUT2D eigenvalue weighted by Crippen LogP contribution is -1.36. The molecule has 0 N–H and O–H groups in total. The Kier molecular flexibility index (Phi) is 61.5. The van der Waals surface area contributed by atoms with Gasteiger partial charge in [0.25, 0.3) is 0 Å². The van der Waals surface area contributed by atoms with Crippen molar-refractivity contribution in [2.45, 2.75) is 13.8 Å². The molecular weight excluding hydrogens is 146 g/mol. The van der Waals surface area contributed by atoms with Crippen LogP contribution in [0.2, 0.25) is 0 Å². The van der Waals surface area contributed by atoms with E-state index in [0.29, 0.717) is 0 Å². The topological polar surface area (TPSA) is 0 Å². The third-order valence-corrected chi connectivity index (χ3v) is 0. The van der Waals surface area contributed by atoms with Gasteiger partial charge in [-0.1, -0.05) is 13.8 Å². The Morgan fingerprint density at radius 3 is 1.00 bits per heavy atom. The highest BCUT2D eigenvalue weighted by Crippen LogP contribution is 1.60. The van der Waals surface area contributed by atoms with Crippen LogP contribution in [0, 0.1) is 0 Å². The van der Waals surface area contributed by atoms with Gasteiger partial charge < -0.3 is 0 Å². The summed E-state index contributed by atoms with van der Waals surface area (Å²) in [5, 5.41) is 0. The van der Waals surface area contributed by atoms with Crippen molar-refractivity contribution in [3.05, 3.63) is 0 Å². The van der Waals surface area contributed by atoms with Crippen LogP contribution >= 0.6 is 23.2 Å². The predicted octanol–water partition coefficient (Wildman–Crippen LogP) is 2.11. The summed E-state index contributed by atoms with van der Waals surface area (Å²) in [5.41, 5.74) is 0. The summed E-state index contributed by atoms with van der Waals surface area (Å²) in [7, 11) is 0. The molecule has 43 valence electrons. The standard InChI is InChI=1S/2C2H5Cl.Al/c2*1-2-3;/h2*2H2,1H3;. The Labute approximate surface area is 66.3 Å². The molecule has 0 unspecified atom stereocenters. The van der Waals surface area contributed by atoms with Gasteiger partial charge in [0.1, 0.15) is 0 Å². The maximum Gasteiger partial charge on any atom is 0.0195 e. The molecule has 0 saturated carbocycles. The molecule has 0 aliphatic heterocycles. The fourth-order valence-corrected chi connectivity index (χ4v) is 0. The molecule has 0 spiro atoms. The molecule has 0 saturated heterocycles. The van der Waals surface area contributed by atoms with Crippen LogP contribution in [0.25, 0.3) is 0 Å². The van der Waals surface area contributed by atoms with Gasteiger partial charge in [-0.3, -0.25) is 0 Å². The summed E-state index contributed by atoms with van der Waals surface area (Å²) in [6.45, 7) is 3.78. The zero-order valence-corrected chi connectivity index (χ0v) is 7.41. The molecular formula is C4H10AlCl2. The minimum absolute atomic E-state index is 0. The van der Waals surface area contributed by atoms with E-state index >= 15 is 0 Å². The van der Waals surface area contributed by atoms with E-state index in [4.69, 9.17) is 23.2 Å². The van der Waals surface area contributed by atoms with Crippen LogP contribution in [-0.2, 0) is 0 Å². The van der Waals surface area contributed by atoms with Gasteiger partial charge in [0.15, 0.2) is 0 Å². The molecule has 0 bridgehead atoms. The summed E-state index contributed by atoms with van der Waals surface area (Å²) < 4.78 is 0. The SMILES string of the molecule is CCCl.CCCl.[Al]. The van der Waals surface area contributed by atoms with E-state index < -0.39 is 0 Å². The first-order valence-electron chi connectivity index (χ1n) is 1.95. The fourth-order valence-electron chi connectivity index (χ4n) is 0. The molecule has 0 fully saturated rings. The molecule has 0 aromatic carbocycles. The molecule has 7 heavy (non-hydrogen) atoms. The van der Waals surface area contributed by atoms with Crippen molar-refractivity contribution < 1.29 is 0 Å². The minimum Gasteiger partial charge on any atom is -0.127 e. The van der Waals surface area contributed by atoms with Gasteiger partial charge in [0.2, 0.25) is 0 Å². The largest absolute Gasteiger partial charge is 0.127 e. The van der Waals surface area contributed by atoms with Crippen LogP contribution in [0.1, 0.15) is 13.8 Å². The van der Waals surface area contributed by atoms with Crippen molar-refractivity contribution in [3.8, 4) is 0 Å². The predicted molar refractivity (Wildman–Crippen MR) is 38.5 cm³/mol. The molecule has 0 aromatic rings. The molecule has 0 nitrogen and oxygen atoms in total. The zero-order valence-electron chi connectivity index (χ0n) is 4.75. The zero-order chi connectivity index (χ0) is 5.41. The molecule has 0 aliphatic rings. The first kappa shape index (κ1) is 15.7. The maximum absolute atomic E-state index is 5.00. The quantitative estimate of drug-likeness (QED) is 0.372. The van der Waals surface area contributed by atoms with Crippen LogP contribution in [0.5, 0.6) is 0 Å². The average Bonchev–Trinajstić information content (AvgIpc) is 1.39. The molecule has 3 radical (unpaired) electrons. The van der Waals surface area contributed by atoms with Crippen molar-refractivity contribution >= 4 is 40.6 Å². The fraction of sp³-hybridized carbons (Fsp3) is 1.00. The summed E-state index contributed by atoms with van der Waals surface area (Å²) >= 11 is 10.00. The Balaban J connectivity index is -0.0000000400. The van der Waals surface area contributed by atoms with E-state index in [1.165, 1.54) is 0 Å². The Bertz CT molecular complexity index is 11.7. The molecule has 0 aliphatic carbocycles. The van der Waals surface area contributed by atoms with Gasteiger partial charge in [0, 0.05) is 29.1 Å². The second-order valence-electron chi connectivity index (χ2n) is 0.535. The molecule has 0 amide bonds. The minimum atomic E-state index is 0. The molecule has 0 atom stereocenters. The third kappa shape index (κ3) is 150. The first-order valence-corrected chi connectivity index (χ1v) is 3.02. The molecule has 3 heteroatoms. The van der Waals surface area contributed by atoms with E-state index in [2.05, 4.69) is 0 Å². The first-order chi connectivity index (χ1) is 2.83. The number of hydrogen-bond donors (Lipinski definition) is 0. The number of rotatable bonds is 0. The van der Waals surface area contributed by atoms with E-state index in [-0.39, 0.29) is 17.4 Å². The highest BCUT2D eigenvalue weighted by molar-refractivity contribution is 6.17. The highest BCUT2D eigenvalue weighted by atomic mass is 35.5. The van der Waals surface area contributed by atoms with Gasteiger partial charge in [-0.15, -0.1) is 23.2 Å². The number of hydrogen-bond acceptors (Lipinski definition) is 0. The monoisotopic (exact) mass is 155 g/mol. The number of halogens is 2. The number of alkyl halides is 2. The van der Waals surface area contributed by atoms with Gasteiger partial charge >= 0.3 is 0 Å². The lowest BCUT2D eigenvalue weighted by Gasteiger charge is -1.45. The van der Waals surface area contributed by atoms with Crippen molar-refractivity contribution in [1.82, 2.24) is 0 Å². The summed E-state index contributed by atoms with van der Waals surface area (Å²) in [5.74, 6) is 1.44. The summed E-state index contributed by atoms with van der Waals surface area (Å²) in [6.07, 6.45) is 0. The van der Waals surface area contributed by atoms with Gasteiger partial charge in [-0.2, -0.15) is 0 Å². The summed E-state index contributed by atoms with van der Waals surface area (Å²) in [6, 6.07) is 0. The molecule has 0 aromatic heterocycles. The Morgan fingerprint density at radius 2 is 1.00 bits per heavy atom. The van der Waals surface area contributed by atoms with Gasteiger partial charge in [0.05, 0.1) is 0 Å². The van der Waals surface area contributed by atoms with Crippen LogP contribution in [0.3, 0.4) is 0 Å². The van der Waals surface area contributed by atoms with Crippen LogP contribution in [0.15, 0.2) is 0 Å². The highest BCUT2D eigenvalue weighted by Gasteiger charge is 1.38. The lowest BCUT2D eigenvalue weighted by molar-refractivity contribution is 1.51. The summed E-state index contributed by atoms with van der Waals surface area (Å²) in [4.78, 5) is 0. The van der Waals surface area contributed by atoms with Crippen molar-refractivity contribution in [1.29, 1.82) is 0 Å². The van der Waals surface area contributed by atoms with E-state index in [0.717, 1.165) is 11.8 Å². The smallest absolute Gasteiger partial charge is 0.0195 e. The molecule has 0 rings (SSSR count). The second kappa shape index (κ2) is 27.4. The maximum atomic E-state index is 5.00. The van der Waals surface area contributed by atoms with Crippen LogP contribution < -0.4 is 0 Å². The Hall–Kier alpha value is 1.11. The van der Waals surface area contributed by atoms with E-state index in [1.807, 2.05) is 13.8 Å². The normalized spacial score (nSPS) is 5.14. The molecule has 0 heterocycles. The average molecular weight is 156 g/mol. The van der Waals surface area contributed by atoms with Crippen molar-refractivity contribution in [2.75, 3.05) is 11.8 Å². The van der Waals surface area contributed by atoms with Crippen LogP contribution in [-0.4, -0.2) is 29.1 Å². The van der Waals surface area contributed by atoms with Crippen molar-refractivity contribution in [2.24, 2.45) is 0 Å². The van der Waals surface area contributed by atoms with Gasteiger partial charge in [-0.25, -0.2) is 0 Å². The lowest BCUT2D eigenvalue weighted by atomic mass is 11.0. The van der Waals surface area contributed by atoms with Crippen molar-refractivity contribution in [3.63, 3.8) is 0 Å².